The fourth-order valence-electron chi connectivity index (χ4n) is 2.01. The second-order valence-electron chi connectivity index (χ2n) is 4.28. The first-order valence-electron chi connectivity index (χ1n) is 6.17. The molecule has 0 unspecified atom stereocenters. The van der Waals surface area contributed by atoms with Crippen molar-refractivity contribution < 1.29 is 4.74 Å². The van der Waals surface area contributed by atoms with Gasteiger partial charge in [-0.2, -0.15) is 0 Å². The molecule has 0 saturated heterocycles. The van der Waals surface area contributed by atoms with E-state index in [-0.39, 0.29) is 0 Å². The Morgan fingerprint density at radius 1 is 1.00 bits per heavy atom. The van der Waals surface area contributed by atoms with Gasteiger partial charge in [0, 0.05) is 17.5 Å². The normalized spacial score (nSPS) is 10.6. The van der Waals surface area contributed by atoms with Crippen LogP contribution >= 0.6 is 0 Å². The summed E-state index contributed by atoms with van der Waals surface area (Å²) in [7, 11) is 0. The van der Waals surface area contributed by atoms with Crippen LogP contribution in [0.2, 0.25) is 0 Å². The van der Waals surface area contributed by atoms with Crippen LogP contribution in [0.3, 0.4) is 0 Å². The van der Waals surface area contributed by atoms with E-state index in [0.29, 0.717) is 6.54 Å². The lowest BCUT2D eigenvalue weighted by molar-refractivity contribution is 0.475. The van der Waals surface area contributed by atoms with Gasteiger partial charge in [-0.3, -0.25) is 4.98 Å². The van der Waals surface area contributed by atoms with Crippen LogP contribution in [0.5, 0.6) is 11.5 Å². The van der Waals surface area contributed by atoms with E-state index in [4.69, 9.17) is 10.5 Å². The number of pyridine rings is 1. The van der Waals surface area contributed by atoms with Crippen molar-refractivity contribution in [2.75, 3.05) is 0 Å². The number of nitrogens with two attached hydrogens (primary N) is 1. The Labute approximate surface area is 111 Å². The van der Waals surface area contributed by atoms with Gasteiger partial charge in [0.2, 0.25) is 0 Å². The Hall–Kier alpha value is -2.39. The molecule has 0 aliphatic carbocycles. The maximum Gasteiger partial charge on any atom is 0.146 e. The Balaban J connectivity index is 1.96. The largest absolute Gasteiger partial charge is 0.455 e. The highest BCUT2D eigenvalue weighted by Crippen LogP contribution is 2.26. The predicted octanol–water partition coefficient (Wildman–Crippen LogP) is 3.49. The Kier molecular flexibility index (Phi) is 3.12. The molecule has 3 rings (SSSR count). The van der Waals surface area contributed by atoms with Crippen LogP contribution in [0.1, 0.15) is 5.56 Å². The van der Waals surface area contributed by atoms with Gasteiger partial charge < -0.3 is 10.5 Å². The lowest BCUT2D eigenvalue weighted by Crippen LogP contribution is -1.99. The second-order valence-corrected chi connectivity index (χ2v) is 4.28. The summed E-state index contributed by atoms with van der Waals surface area (Å²) in [6.07, 6.45) is 1.73. The summed E-state index contributed by atoms with van der Waals surface area (Å²) in [6.45, 7) is 0.456. The molecule has 1 heterocycles. The SMILES string of the molecule is NCc1ccccc1Oc1cnc2ccccc2c1. The molecule has 3 heteroatoms. The number of ether oxygens (including phenoxy) is 1. The van der Waals surface area contributed by atoms with Crippen LogP contribution in [0.15, 0.2) is 60.8 Å². The minimum Gasteiger partial charge on any atom is -0.455 e. The summed E-state index contributed by atoms with van der Waals surface area (Å²) in [5.41, 5.74) is 7.64. The molecule has 0 radical (unpaired) electrons. The third-order valence-electron chi connectivity index (χ3n) is 2.99. The van der Waals surface area contributed by atoms with Crippen molar-refractivity contribution in [2.45, 2.75) is 6.54 Å². The summed E-state index contributed by atoms with van der Waals surface area (Å²) in [5, 5.41) is 1.06. The van der Waals surface area contributed by atoms with Crippen molar-refractivity contribution in [3.05, 3.63) is 66.4 Å². The number of hydrogen-bond acceptors (Lipinski definition) is 3. The fourth-order valence-corrected chi connectivity index (χ4v) is 2.01. The molecule has 1 aromatic heterocycles. The first kappa shape index (κ1) is 11.7. The lowest BCUT2D eigenvalue weighted by atomic mass is 10.2. The lowest BCUT2D eigenvalue weighted by Gasteiger charge is -2.09. The molecule has 0 atom stereocenters. The monoisotopic (exact) mass is 250 g/mol. The second kappa shape index (κ2) is 5.08. The van der Waals surface area contributed by atoms with Crippen molar-refractivity contribution in [3.8, 4) is 11.5 Å². The van der Waals surface area contributed by atoms with Crippen LogP contribution in [-0.4, -0.2) is 4.98 Å². The summed E-state index contributed by atoms with van der Waals surface area (Å²) < 4.78 is 5.87. The van der Waals surface area contributed by atoms with Gasteiger partial charge in [0.05, 0.1) is 11.7 Å². The number of fused-ring (bicyclic) bond motifs is 1. The summed E-state index contributed by atoms with van der Waals surface area (Å²) in [4.78, 5) is 4.38. The number of benzene rings is 2. The molecule has 3 nitrogen and oxygen atoms in total. The van der Waals surface area contributed by atoms with Gasteiger partial charge in [-0.15, -0.1) is 0 Å². The zero-order valence-corrected chi connectivity index (χ0v) is 10.4. The molecule has 0 bridgehead atoms. The van der Waals surface area contributed by atoms with Gasteiger partial charge >= 0.3 is 0 Å². The topological polar surface area (TPSA) is 48.1 Å². The minimum absolute atomic E-state index is 0.456. The Morgan fingerprint density at radius 2 is 1.79 bits per heavy atom. The van der Waals surface area contributed by atoms with Crippen molar-refractivity contribution in [1.29, 1.82) is 0 Å². The van der Waals surface area contributed by atoms with Crippen LogP contribution in [0.25, 0.3) is 10.9 Å². The smallest absolute Gasteiger partial charge is 0.146 e. The summed E-state index contributed by atoms with van der Waals surface area (Å²) in [5.74, 6) is 1.50. The van der Waals surface area contributed by atoms with Crippen LogP contribution in [0.4, 0.5) is 0 Å². The average Bonchev–Trinajstić information content (AvgIpc) is 2.48. The zero-order chi connectivity index (χ0) is 13.1. The molecule has 2 N–H and O–H groups in total. The molecule has 2 aromatic carbocycles. The van der Waals surface area contributed by atoms with Crippen molar-refractivity contribution in [2.24, 2.45) is 5.73 Å². The van der Waals surface area contributed by atoms with E-state index in [2.05, 4.69) is 4.98 Å². The van der Waals surface area contributed by atoms with Crippen LogP contribution in [-0.2, 0) is 6.54 Å². The highest BCUT2D eigenvalue weighted by Gasteiger charge is 2.04. The Morgan fingerprint density at radius 3 is 2.68 bits per heavy atom. The predicted molar refractivity (Wildman–Crippen MR) is 76.2 cm³/mol. The number of nitrogens with zero attached hydrogens (tertiary/aromatic N) is 1. The van der Waals surface area contributed by atoms with E-state index in [0.717, 1.165) is 28.0 Å². The van der Waals surface area contributed by atoms with Gasteiger partial charge in [-0.25, -0.2) is 0 Å². The van der Waals surface area contributed by atoms with Gasteiger partial charge in [-0.1, -0.05) is 36.4 Å². The molecule has 0 spiro atoms. The highest BCUT2D eigenvalue weighted by atomic mass is 16.5. The highest BCUT2D eigenvalue weighted by molar-refractivity contribution is 5.79. The number of rotatable bonds is 3. The fraction of sp³-hybridized carbons (Fsp3) is 0.0625. The quantitative estimate of drug-likeness (QED) is 0.774. The standard InChI is InChI=1S/C16H14N2O/c17-10-13-6-2-4-8-16(13)19-14-9-12-5-1-3-7-15(12)18-11-14/h1-9,11H,10,17H2. The van der Waals surface area contributed by atoms with E-state index in [1.807, 2.05) is 54.6 Å². The van der Waals surface area contributed by atoms with Gasteiger partial charge in [-0.05, 0) is 18.2 Å². The number of hydrogen-bond donors (Lipinski definition) is 1. The van der Waals surface area contributed by atoms with Gasteiger partial charge in [0.15, 0.2) is 0 Å². The van der Waals surface area contributed by atoms with E-state index in [1.165, 1.54) is 0 Å². The number of para-hydroxylation sites is 2. The van der Waals surface area contributed by atoms with E-state index >= 15 is 0 Å². The molecular weight excluding hydrogens is 236 g/mol. The first-order valence-corrected chi connectivity index (χ1v) is 6.17. The van der Waals surface area contributed by atoms with Crippen molar-refractivity contribution in [1.82, 2.24) is 4.98 Å². The van der Waals surface area contributed by atoms with Crippen LogP contribution in [0, 0.1) is 0 Å². The minimum atomic E-state index is 0.456. The van der Waals surface area contributed by atoms with Gasteiger partial charge in [0.1, 0.15) is 11.5 Å². The molecule has 0 aliphatic heterocycles. The van der Waals surface area contributed by atoms with Crippen molar-refractivity contribution in [3.63, 3.8) is 0 Å². The first-order chi connectivity index (χ1) is 9.36. The zero-order valence-electron chi connectivity index (χ0n) is 10.4. The van der Waals surface area contributed by atoms with Crippen LogP contribution < -0.4 is 10.5 Å². The molecule has 0 fully saturated rings. The molecular formula is C16H14N2O. The average molecular weight is 250 g/mol. The third-order valence-corrected chi connectivity index (χ3v) is 2.99. The summed E-state index contributed by atoms with van der Waals surface area (Å²) >= 11 is 0. The molecule has 3 aromatic rings. The number of aromatic nitrogens is 1. The van der Waals surface area contributed by atoms with E-state index < -0.39 is 0 Å². The van der Waals surface area contributed by atoms with Gasteiger partial charge in [0.25, 0.3) is 0 Å². The molecule has 0 saturated carbocycles. The molecule has 0 aliphatic rings. The molecule has 19 heavy (non-hydrogen) atoms. The van der Waals surface area contributed by atoms with E-state index in [9.17, 15) is 0 Å². The van der Waals surface area contributed by atoms with E-state index in [1.54, 1.807) is 6.20 Å². The maximum atomic E-state index is 5.87. The molecule has 0 amide bonds. The maximum absolute atomic E-state index is 5.87. The molecule has 94 valence electrons. The Bertz CT molecular complexity index is 710. The van der Waals surface area contributed by atoms with Crippen molar-refractivity contribution >= 4 is 10.9 Å². The third kappa shape index (κ3) is 2.41. The summed E-state index contributed by atoms with van der Waals surface area (Å²) in [6, 6.07) is 17.7.